The van der Waals surface area contributed by atoms with Gasteiger partial charge in [-0.05, 0) is 24.3 Å². The third-order valence-corrected chi connectivity index (χ3v) is 4.80. The largest absolute Gasteiger partial charge is 0.393 e. The van der Waals surface area contributed by atoms with Gasteiger partial charge in [-0.2, -0.15) is 0 Å². The van der Waals surface area contributed by atoms with Gasteiger partial charge < -0.3 is 15.0 Å². The van der Waals surface area contributed by atoms with Crippen LogP contribution < -0.4 is 11.2 Å². The van der Waals surface area contributed by atoms with Crippen LogP contribution in [0.3, 0.4) is 0 Å². The van der Waals surface area contributed by atoms with Crippen molar-refractivity contribution in [3.8, 4) is 0 Å². The zero-order chi connectivity index (χ0) is 16.4. The van der Waals surface area contributed by atoms with E-state index in [1.165, 1.54) is 22.4 Å². The van der Waals surface area contributed by atoms with Gasteiger partial charge in [-0.3, -0.25) is 14.2 Å². The molecule has 122 valence electrons. The number of aromatic amines is 1. The van der Waals surface area contributed by atoms with E-state index in [1.807, 2.05) is 17.5 Å². The fourth-order valence-corrected chi connectivity index (χ4v) is 3.30. The lowest BCUT2D eigenvalue weighted by molar-refractivity contribution is 0.0544. The van der Waals surface area contributed by atoms with Crippen molar-refractivity contribution in [2.45, 2.75) is 25.5 Å². The summed E-state index contributed by atoms with van der Waals surface area (Å²) in [6.07, 6.45) is 1.78. The van der Waals surface area contributed by atoms with Gasteiger partial charge >= 0.3 is 5.69 Å². The predicted octanol–water partition coefficient (Wildman–Crippen LogP) is 0.243. The maximum Gasteiger partial charge on any atom is 0.328 e. The Hall–Kier alpha value is -2.19. The standard InChI is InChI=1S/C15H17N3O4S/c19-10-3-5-17(6-4-10)13(20)12-8-16-15(22)18(14(12)21)9-11-2-1-7-23-11/h1-2,7-8,10,19H,3-6,9H2,(H,16,22). The molecule has 1 aliphatic heterocycles. The number of aliphatic hydroxyl groups excluding tert-OH is 1. The van der Waals surface area contributed by atoms with Crippen LogP contribution in [0.4, 0.5) is 0 Å². The Morgan fingerprint density at radius 3 is 2.74 bits per heavy atom. The molecule has 1 saturated heterocycles. The summed E-state index contributed by atoms with van der Waals surface area (Å²) in [6.45, 7) is 0.957. The smallest absolute Gasteiger partial charge is 0.328 e. The number of hydrogen-bond acceptors (Lipinski definition) is 5. The van der Waals surface area contributed by atoms with Crippen LogP contribution in [-0.2, 0) is 6.54 Å². The summed E-state index contributed by atoms with van der Waals surface area (Å²) in [4.78, 5) is 41.8. The monoisotopic (exact) mass is 335 g/mol. The van der Waals surface area contributed by atoms with E-state index in [4.69, 9.17) is 0 Å². The molecule has 0 radical (unpaired) electrons. The summed E-state index contributed by atoms with van der Waals surface area (Å²) >= 11 is 1.44. The number of likely N-dealkylation sites (tertiary alicyclic amines) is 1. The number of carbonyl (C=O) groups is 1. The molecular weight excluding hydrogens is 318 g/mol. The molecule has 2 aromatic heterocycles. The maximum atomic E-state index is 12.5. The lowest BCUT2D eigenvalue weighted by Crippen LogP contribution is -2.45. The number of nitrogens with zero attached hydrogens (tertiary/aromatic N) is 2. The molecule has 7 nitrogen and oxygen atoms in total. The second kappa shape index (κ2) is 6.51. The summed E-state index contributed by atoms with van der Waals surface area (Å²) in [5.74, 6) is -0.405. The molecule has 3 heterocycles. The van der Waals surface area contributed by atoms with E-state index in [1.54, 1.807) is 0 Å². The summed E-state index contributed by atoms with van der Waals surface area (Å²) < 4.78 is 1.04. The zero-order valence-electron chi connectivity index (χ0n) is 12.4. The van der Waals surface area contributed by atoms with E-state index < -0.39 is 23.3 Å². The first kappa shape index (κ1) is 15.7. The van der Waals surface area contributed by atoms with Crippen molar-refractivity contribution in [2.75, 3.05) is 13.1 Å². The molecule has 3 rings (SSSR count). The molecule has 0 unspecified atom stereocenters. The molecule has 1 fully saturated rings. The SMILES string of the molecule is O=C(c1c[nH]c(=O)n(Cc2cccs2)c1=O)N1CCC(O)CC1. The number of piperidine rings is 1. The van der Waals surface area contributed by atoms with Gasteiger partial charge in [-0.25, -0.2) is 4.79 Å². The molecule has 0 atom stereocenters. The maximum absolute atomic E-state index is 12.5. The van der Waals surface area contributed by atoms with E-state index in [-0.39, 0.29) is 12.1 Å². The number of hydrogen-bond donors (Lipinski definition) is 2. The Balaban J connectivity index is 1.90. The van der Waals surface area contributed by atoms with Gasteiger partial charge in [0, 0.05) is 24.2 Å². The average molecular weight is 335 g/mol. The molecule has 23 heavy (non-hydrogen) atoms. The minimum atomic E-state index is -0.585. The van der Waals surface area contributed by atoms with Crippen LogP contribution in [0.1, 0.15) is 28.1 Å². The van der Waals surface area contributed by atoms with Gasteiger partial charge in [0.1, 0.15) is 5.56 Å². The second-order valence-electron chi connectivity index (χ2n) is 5.50. The minimum absolute atomic E-state index is 0.0439. The lowest BCUT2D eigenvalue weighted by atomic mass is 10.1. The first-order valence-corrected chi connectivity index (χ1v) is 8.26. The number of aliphatic hydroxyl groups is 1. The molecular formula is C15H17N3O4S. The normalized spacial score (nSPS) is 15.8. The van der Waals surface area contributed by atoms with Crippen LogP contribution in [0.15, 0.2) is 33.3 Å². The number of nitrogens with one attached hydrogen (secondary N) is 1. The zero-order valence-corrected chi connectivity index (χ0v) is 13.2. The molecule has 0 spiro atoms. The summed E-state index contributed by atoms with van der Waals surface area (Å²) in [5, 5.41) is 11.4. The molecule has 2 aromatic rings. The third kappa shape index (κ3) is 3.27. The fraction of sp³-hybridized carbons (Fsp3) is 0.400. The van der Waals surface area contributed by atoms with Crippen molar-refractivity contribution in [3.05, 3.63) is 55.0 Å². The Kier molecular flexibility index (Phi) is 4.44. The summed E-state index contributed by atoms with van der Waals surface area (Å²) in [7, 11) is 0. The molecule has 0 saturated carbocycles. The van der Waals surface area contributed by atoms with E-state index in [0.29, 0.717) is 25.9 Å². The summed E-state index contributed by atoms with van der Waals surface area (Å²) in [6, 6.07) is 3.67. The molecule has 1 aliphatic rings. The highest BCUT2D eigenvalue weighted by Gasteiger charge is 2.25. The molecule has 0 aliphatic carbocycles. The molecule has 0 aromatic carbocycles. The van der Waals surface area contributed by atoms with Crippen molar-refractivity contribution in [2.24, 2.45) is 0 Å². The van der Waals surface area contributed by atoms with E-state index in [2.05, 4.69) is 4.98 Å². The van der Waals surface area contributed by atoms with E-state index in [0.717, 1.165) is 9.44 Å². The number of thiophene rings is 1. The van der Waals surface area contributed by atoms with E-state index in [9.17, 15) is 19.5 Å². The Bertz CT molecular complexity index is 801. The van der Waals surface area contributed by atoms with Gasteiger partial charge in [0.25, 0.3) is 11.5 Å². The van der Waals surface area contributed by atoms with Crippen LogP contribution >= 0.6 is 11.3 Å². The fourth-order valence-electron chi connectivity index (χ4n) is 2.61. The van der Waals surface area contributed by atoms with Crippen molar-refractivity contribution >= 4 is 17.2 Å². The first-order valence-electron chi connectivity index (χ1n) is 7.38. The topological polar surface area (TPSA) is 95.4 Å². The van der Waals surface area contributed by atoms with Crippen molar-refractivity contribution in [1.82, 2.24) is 14.5 Å². The van der Waals surface area contributed by atoms with Crippen molar-refractivity contribution in [3.63, 3.8) is 0 Å². The Labute approximate surface area is 135 Å². The van der Waals surface area contributed by atoms with E-state index >= 15 is 0 Å². The van der Waals surface area contributed by atoms with Gasteiger partial charge in [-0.1, -0.05) is 6.07 Å². The second-order valence-corrected chi connectivity index (χ2v) is 6.53. The average Bonchev–Trinajstić information content (AvgIpc) is 3.05. The quantitative estimate of drug-likeness (QED) is 0.840. The van der Waals surface area contributed by atoms with Crippen LogP contribution in [0, 0.1) is 0 Å². The van der Waals surface area contributed by atoms with Gasteiger partial charge in [0.05, 0.1) is 12.6 Å². The van der Waals surface area contributed by atoms with Crippen molar-refractivity contribution in [1.29, 1.82) is 0 Å². The van der Waals surface area contributed by atoms with Crippen LogP contribution in [-0.4, -0.2) is 44.7 Å². The lowest BCUT2D eigenvalue weighted by Gasteiger charge is -2.29. The minimum Gasteiger partial charge on any atom is -0.393 e. The van der Waals surface area contributed by atoms with Crippen LogP contribution in [0.2, 0.25) is 0 Å². The predicted molar refractivity (Wildman–Crippen MR) is 85.9 cm³/mol. The molecule has 1 amide bonds. The Morgan fingerprint density at radius 1 is 1.35 bits per heavy atom. The van der Waals surface area contributed by atoms with Gasteiger partial charge in [0.2, 0.25) is 0 Å². The molecule has 2 N–H and O–H groups in total. The van der Waals surface area contributed by atoms with Crippen LogP contribution in [0.25, 0.3) is 0 Å². The van der Waals surface area contributed by atoms with Gasteiger partial charge in [-0.15, -0.1) is 11.3 Å². The highest BCUT2D eigenvalue weighted by molar-refractivity contribution is 7.09. The molecule has 0 bridgehead atoms. The Morgan fingerprint density at radius 2 is 2.09 bits per heavy atom. The highest BCUT2D eigenvalue weighted by atomic mass is 32.1. The van der Waals surface area contributed by atoms with Crippen LogP contribution in [0.5, 0.6) is 0 Å². The number of H-pyrrole nitrogens is 1. The van der Waals surface area contributed by atoms with Gasteiger partial charge in [0.15, 0.2) is 0 Å². The summed E-state index contributed by atoms with van der Waals surface area (Å²) in [5.41, 5.74) is -1.16. The number of aromatic nitrogens is 2. The number of amides is 1. The highest BCUT2D eigenvalue weighted by Crippen LogP contribution is 2.12. The number of carbonyl (C=O) groups excluding carboxylic acids is 1. The first-order chi connectivity index (χ1) is 11.1. The number of rotatable bonds is 3. The molecule has 8 heteroatoms. The third-order valence-electron chi connectivity index (χ3n) is 3.94. The van der Waals surface area contributed by atoms with Crippen molar-refractivity contribution < 1.29 is 9.90 Å².